The molecule has 6 nitrogen and oxygen atoms in total. The summed E-state index contributed by atoms with van der Waals surface area (Å²) in [6, 6.07) is 4.91. The Labute approximate surface area is 169 Å². The van der Waals surface area contributed by atoms with Gasteiger partial charge in [-0.15, -0.1) is 0 Å². The summed E-state index contributed by atoms with van der Waals surface area (Å²) >= 11 is 0. The largest absolute Gasteiger partial charge is 0.444 e. The van der Waals surface area contributed by atoms with Crippen LogP contribution in [0.2, 0.25) is 0 Å². The molecule has 0 radical (unpaired) electrons. The smallest absolute Gasteiger partial charge is 0.410 e. The number of nitrogens with zero attached hydrogens (tertiary/aromatic N) is 4. The minimum Gasteiger partial charge on any atom is -0.444 e. The molecular formula is C22H36N4O2. The highest BCUT2D eigenvalue weighted by Gasteiger charge is 2.27. The molecule has 0 saturated carbocycles. The number of anilines is 1. The molecule has 0 N–H and O–H groups in total. The highest BCUT2D eigenvalue weighted by molar-refractivity contribution is 5.68. The third kappa shape index (κ3) is 5.37. The summed E-state index contributed by atoms with van der Waals surface area (Å²) in [6.45, 7) is 13.3. The van der Waals surface area contributed by atoms with Crippen molar-refractivity contribution in [1.82, 2.24) is 14.8 Å². The van der Waals surface area contributed by atoms with Crippen LogP contribution in [0.4, 0.5) is 10.6 Å². The van der Waals surface area contributed by atoms with Crippen molar-refractivity contribution in [3.05, 3.63) is 23.9 Å². The minimum absolute atomic E-state index is 0.219. The third-order valence-corrected chi connectivity index (χ3v) is 5.54. The molecule has 6 heteroatoms. The van der Waals surface area contributed by atoms with Crippen LogP contribution in [0, 0.1) is 0 Å². The maximum absolute atomic E-state index is 12.2. The van der Waals surface area contributed by atoms with Crippen molar-refractivity contribution in [1.29, 1.82) is 0 Å². The lowest BCUT2D eigenvalue weighted by atomic mass is 9.96. The van der Waals surface area contributed by atoms with Crippen LogP contribution in [0.3, 0.4) is 0 Å². The molecule has 156 valence electrons. The van der Waals surface area contributed by atoms with E-state index in [2.05, 4.69) is 35.1 Å². The molecule has 2 saturated heterocycles. The molecular weight excluding hydrogens is 352 g/mol. The van der Waals surface area contributed by atoms with Gasteiger partial charge in [0.1, 0.15) is 11.4 Å². The Morgan fingerprint density at radius 1 is 1.14 bits per heavy atom. The van der Waals surface area contributed by atoms with Crippen LogP contribution in [-0.4, -0.2) is 65.7 Å². The second kappa shape index (κ2) is 9.12. The zero-order chi connectivity index (χ0) is 20.1. The van der Waals surface area contributed by atoms with Crippen molar-refractivity contribution in [2.24, 2.45) is 0 Å². The van der Waals surface area contributed by atoms with E-state index in [4.69, 9.17) is 9.72 Å². The summed E-state index contributed by atoms with van der Waals surface area (Å²) in [5, 5.41) is 0. The summed E-state index contributed by atoms with van der Waals surface area (Å²) in [5.74, 6) is 1.01. The second-order valence-corrected chi connectivity index (χ2v) is 8.95. The Hall–Kier alpha value is -1.82. The summed E-state index contributed by atoms with van der Waals surface area (Å²) in [4.78, 5) is 23.7. The van der Waals surface area contributed by atoms with Gasteiger partial charge in [0, 0.05) is 38.4 Å². The van der Waals surface area contributed by atoms with Crippen molar-refractivity contribution < 1.29 is 9.53 Å². The van der Waals surface area contributed by atoms with Gasteiger partial charge in [-0.1, -0.05) is 19.4 Å². The topological polar surface area (TPSA) is 48.9 Å². The Kier molecular flexibility index (Phi) is 6.81. The predicted octanol–water partition coefficient (Wildman–Crippen LogP) is 4.08. The summed E-state index contributed by atoms with van der Waals surface area (Å²) in [7, 11) is 0. The van der Waals surface area contributed by atoms with E-state index in [0.717, 1.165) is 18.9 Å². The molecule has 3 heterocycles. The monoisotopic (exact) mass is 388 g/mol. The zero-order valence-corrected chi connectivity index (χ0v) is 18.0. The van der Waals surface area contributed by atoms with E-state index in [1.807, 2.05) is 20.8 Å². The number of likely N-dealkylation sites (tertiary alicyclic amines) is 1. The fraction of sp³-hybridized carbons (Fsp3) is 0.727. The van der Waals surface area contributed by atoms with Gasteiger partial charge in [-0.2, -0.15) is 0 Å². The summed E-state index contributed by atoms with van der Waals surface area (Å²) in [6.07, 6.45) is 6.89. The maximum atomic E-state index is 12.2. The van der Waals surface area contributed by atoms with Crippen LogP contribution in [0.1, 0.15) is 65.0 Å². The van der Waals surface area contributed by atoms with Crippen molar-refractivity contribution in [2.45, 2.75) is 65.0 Å². The molecule has 0 aliphatic carbocycles. The number of amides is 1. The molecule has 1 atom stereocenters. The quantitative estimate of drug-likeness (QED) is 0.778. The van der Waals surface area contributed by atoms with Crippen molar-refractivity contribution >= 4 is 11.9 Å². The van der Waals surface area contributed by atoms with Crippen molar-refractivity contribution in [3.8, 4) is 0 Å². The average molecular weight is 389 g/mol. The standard InChI is InChI=1S/C22H36N4O2/c1-5-11-24-12-7-6-8-19(24)18-9-10-20(23-17-18)25-13-15-26(16-14-25)21(27)28-22(2,3)4/h9-10,17,19H,5-8,11-16H2,1-4H3. The molecule has 3 rings (SSSR count). The Morgan fingerprint density at radius 3 is 2.50 bits per heavy atom. The molecule has 1 unspecified atom stereocenters. The van der Waals surface area contributed by atoms with Crippen molar-refractivity contribution in [2.75, 3.05) is 44.2 Å². The van der Waals surface area contributed by atoms with Gasteiger partial charge in [0.25, 0.3) is 0 Å². The minimum atomic E-state index is -0.448. The predicted molar refractivity (Wildman–Crippen MR) is 113 cm³/mol. The highest BCUT2D eigenvalue weighted by Crippen LogP contribution is 2.31. The van der Waals surface area contributed by atoms with E-state index in [1.54, 1.807) is 4.90 Å². The number of hydrogen-bond acceptors (Lipinski definition) is 5. The van der Waals surface area contributed by atoms with Crippen LogP contribution >= 0.6 is 0 Å². The molecule has 2 aliphatic heterocycles. The molecule has 28 heavy (non-hydrogen) atoms. The molecule has 0 aromatic carbocycles. The second-order valence-electron chi connectivity index (χ2n) is 8.95. The van der Waals surface area contributed by atoms with Gasteiger partial charge < -0.3 is 14.5 Å². The number of carbonyl (C=O) groups excluding carboxylic acids is 1. The number of piperidine rings is 1. The normalized spacial score (nSPS) is 21.6. The number of aromatic nitrogens is 1. The Balaban J connectivity index is 1.57. The van der Waals surface area contributed by atoms with E-state index < -0.39 is 5.60 Å². The number of ether oxygens (including phenoxy) is 1. The molecule has 1 amide bonds. The zero-order valence-electron chi connectivity index (χ0n) is 18.0. The fourth-order valence-corrected chi connectivity index (χ4v) is 4.15. The molecule has 2 aliphatic rings. The number of pyridine rings is 1. The van der Waals surface area contributed by atoms with E-state index in [9.17, 15) is 4.79 Å². The van der Waals surface area contributed by atoms with E-state index >= 15 is 0 Å². The number of carbonyl (C=O) groups is 1. The first-order valence-electron chi connectivity index (χ1n) is 10.8. The summed E-state index contributed by atoms with van der Waals surface area (Å²) in [5.41, 5.74) is 0.889. The molecule has 2 fully saturated rings. The van der Waals surface area contributed by atoms with E-state index in [1.165, 1.54) is 44.3 Å². The first kappa shape index (κ1) is 20.9. The van der Waals surface area contributed by atoms with Crippen LogP contribution in [-0.2, 0) is 4.74 Å². The van der Waals surface area contributed by atoms with E-state index in [0.29, 0.717) is 19.1 Å². The van der Waals surface area contributed by atoms with Gasteiger partial charge in [0.15, 0.2) is 0 Å². The lowest BCUT2D eigenvalue weighted by molar-refractivity contribution is 0.0240. The molecule has 1 aromatic heterocycles. The van der Waals surface area contributed by atoms with Crippen LogP contribution in [0.15, 0.2) is 18.3 Å². The molecule has 1 aromatic rings. The maximum Gasteiger partial charge on any atom is 0.410 e. The van der Waals surface area contributed by atoms with Gasteiger partial charge in [0.05, 0.1) is 0 Å². The average Bonchev–Trinajstić information content (AvgIpc) is 2.68. The number of hydrogen-bond donors (Lipinski definition) is 0. The first-order valence-corrected chi connectivity index (χ1v) is 10.8. The highest BCUT2D eigenvalue weighted by atomic mass is 16.6. The van der Waals surface area contributed by atoms with E-state index in [-0.39, 0.29) is 6.09 Å². The fourth-order valence-electron chi connectivity index (χ4n) is 4.15. The van der Waals surface area contributed by atoms with Crippen LogP contribution < -0.4 is 4.90 Å². The van der Waals surface area contributed by atoms with Gasteiger partial charge in [-0.05, 0) is 64.8 Å². The number of piperazine rings is 1. The van der Waals surface area contributed by atoms with Gasteiger partial charge in [0.2, 0.25) is 0 Å². The van der Waals surface area contributed by atoms with Crippen LogP contribution in [0.5, 0.6) is 0 Å². The summed E-state index contributed by atoms with van der Waals surface area (Å²) < 4.78 is 5.48. The molecule has 0 bridgehead atoms. The Bertz CT molecular complexity index is 631. The van der Waals surface area contributed by atoms with Gasteiger partial charge in [-0.3, -0.25) is 4.90 Å². The van der Waals surface area contributed by atoms with Gasteiger partial charge in [-0.25, -0.2) is 9.78 Å². The van der Waals surface area contributed by atoms with Crippen LogP contribution in [0.25, 0.3) is 0 Å². The SMILES string of the molecule is CCCN1CCCCC1c1ccc(N2CCN(C(=O)OC(C)(C)C)CC2)nc1. The van der Waals surface area contributed by atoms with Crippen molar-refractivity contribution in [3.63, 3.8) is 0 Å². The first-order chi connectivity index (χ1) is 13.4. The number of rotatable bonds is 4. The lowest BCUT2D eigenvalue weighted by Crippen LogP contribution is -2.50. The molecule has 0 spiro atoms. The lowest BCUT2D eigenvalue weighted by Gasteiger charge is -2.37. The van der Waals surface area contributed by atoms with Gasteiger partial charge >= 0.3 is 6.09 Å². The third-order valence-electron chi connectivity index (χ3n) is 5.54. The Morgan fingerprint density at radius 2 is 1.89 bits per heavy atom.